The molecule has 1 aliphatic heterocycles. The van der Waals surface area contributed by atoms with Crippen LogP contribution in [0.1, 0.15) is 23.6 Å². The Labute approximate surface area is 156 Å². The van der Waals surface area contributed by atoms with Crippen molar-refractivity contribution in [2.45, 2.75) is 26.4 Å². The molecule has 2 heterocycles. The van der Waals surface area contributed by atoms with Crippen LogP contribution in [-0.4, -0.2) is 18.9 Å². The molecule has 1 aromatic heterocycles. The second-order valence-corrected chi connectivity index (χ2v) is 6.92. The van der Waals surface area contributed by atoms with Crippen molar-refractivity contribution in [2.24, 2.45) is 0 Å². The summed E-state index contributed by atoms with van der Waals surface area (Å²) in [6, 6.07) is 10.9. The van der Waals surface area contributed by atoms with Crippen LogP contribution in [0.25, 0.3) is 11.0 Å². The van der Waals surface area contributed by atoms with Gasteiger partial charge in [-0.2, -0.15) is 0 Å². The molecule has 140 valence electrons. The Bertz CT molecular complexity index is 1060. The standard InChI is InChI=1S/C21H21NO5/c1-3-14-7-16-15(8-21(24)27-19(16)9-17(14)23)11-22(2)10-13-4-5-18-20(6-13)26-12-25-18/h4-9,23H,3,10-12H2,1-2H3/p+1. The molecule has 4 rings (SSSR count). The lowest BCUT2D eigenvalue weighted by Gasteiger charge is -2.16. The number of quaternary nitrogens is 1. The highest BCUT2D eigenvalue weighted by molar-refractivity contribution is 5.82. The van der Waals surface area contributed by atoms with E-state index in [0.717, 1.165) is 40.1 Å². The lowest BCUT2D eigenvalue weighted by atomic mass is 10.0. The van der Waals surface area contributed by atoms with Crippen molar-refractivity contribution in [1.82, 2.24) is 0 Å². The van der Waals surface area contributed by atoms with E-state index in [4.69, 9.17) is 13.9 Å². The molecule has 2 N–H and O–H groups in total. The summed E-state index contributed by atoms with van der Waals surface area (Å²) in [6.45, 7) is 3.68. The number of benzene rings is 2. The van der Waals surface area contributed by atoms with Gasteiger partial charge < -0.3 is 23.9 Å². The highest BCUT2D eigenvalue weighted by atomic mass is 16.7. The van der Waals surface area contributed by atoms with Crippen LogP contribution in [0.2, 0.25) is 0 Å². The number of phenolic OH excluding ortho intramolecular Hbond substituents is 1. The minimum Gasteiger partial charge on any atom is -0.508 e. The zero-order valence-electron chi connectivity index (χ0n) is 15.4. The Morgan fingerprint density at radius 1 is 1.04 bits per heavy atom. The first-order valence-corrected chi connectivity index (χ1v) is 9.02. The van der Waals surface area contributed by atoms with Crippen molar-refractivity contribution in [3.8, 4) is 17.2 Å². The summed E-state index contributed by atoms with van der Waals surface area (Å²) in [5.74, 6) is 1.70. The fourth-order valence-corrected chi connectivity index (χ4v) is 3.52. The minimum absolute atomic E-state index is 0.159. The molecule has 0 fully saturated rings. The largest absolute Gasteiger partial charge is 0.508 e. The maximum absolute atomic E-state index is 11.9. The lowest BCUT2D eigenvalue weighted by Crippen LogP contribution is -3.06. The molecule has 0 aliphatic carbocycles. The van der Waals surface area contributed by atoms with Crippen LogP contribution in [0, 0.1) is 0 Å². The highest BCUT2D eigenvalue weighted by Crippen LogP contribution is 2.32. The molecule has 0 radical (unpaired) electrons. The average molecular weight is 368 g/mol. The van der Waals surface area contributed by atoms with Gasteiger partial charge in [-0.1, -0.05) is 6.92 Å². The molecule has 3 aromatic rings. The van der Waals surface area contributed by atoms with Gasteiger partial charge in [0.05, 0.1) is 7.05 Å². The van der Waals surface area contributed by atoms with Crippen LogP contribution in [0.15, 0.2) is 45.6 Å². The SMILES string of the molecule is CCc1cc2c(C[NH+](C)Cc3ccc4c(c3)OCO4)cc(=O)oc2cc1O. The van der Waals surface area contributed by atoms with E-state index in [1.807, 2.05) is 31.2 Å². The molecule has 1 aliphatic rings. The summed E-state index contributed by atoms with van der Waals surface area (Å²) >= 11 is 0. The van der Waals surface area contributed by atoms with E-state index < -0.39 is 5.63 Å². The lowest BCUT2D eigenvalue weighted by molar-refractivity contribution is -0.907. The van der Waals surface area contributed by atoms with Crippen molar-refractivity contribution in [3.05, 3.63) is 63.5 Å². The second-order valence-electron chi connectivity index (χ2n) is 6.92. The number of hydrogen-bond acceptors (Lipinski definition) is 5. The Morgan fingerprint density at radius 2 is 1.85 bits per heavy atom. The van der Waals surface area contributed by atoms with E-state index in [1.54, 1.807) is 6.07 Å². The van der Waals surface area contributed by atoms with E-state index >= 15 is 0 Å². The number of aryl methyl sites for hydroxylation is 1. The Balaban J connectivity index is 1.61. The summed E-state index contributed by atoms with van der Waals surface area (Å²) in [5, 5.41) is 10.9. The van der Waals surface area contributed by atoms with Gasteiger partial charge in [-0.05, 0) is 36.2 Å². The zero-order chi connectivity index (χ0) is 19.0. The van der Waals surface area contributed by atoms with Crippen molar-refractivity contribution >= 4 is 11.0 Å². The first-order chi connectivity index (χ1) is 13.0. The quantitative estimate of drug-likeness (QED) is 0.674. The number of fused-ring (bicyclic) bond motifs is 2. The molecule has 27 heavy (non-hydrogen) atoms. The summed E-state index contributed by atoms with van der Waals surface area (Å²) in [5.41, 5.74) is 2.90. The van der Waals surface area contributed by atoms with Crippen LogP contribution in [0.3, 0.4) is 0 Å². The van der Waals surface area contributed by atoms with Gasteiger partial charge in [0.25, 0.3) is 0 Å². The third-order valence-corrected chi connectivity index (χ3v) is 4.85. The van der Waals surface area contributed by atoms with Gasteiger partial charge in [-0.3, -0.25) is 0 Å². The normalized spacial score (nSPS) is 13.9. The highest BCUT2D eigenvalue weighted by Gasteiger charge is 2.17. The molecule has 6 nitrogen and oxygen atoms in total. The number of hydrogen-bond donors (Lipinski definition) is 2. The summed E-state index contributed by atoms with van der Waals surface area (Å²) in [7, 11) is 2.08. The molecule has 0 spiro atoms. The zero-order valence-corrected chi connectivity index (χ0v) is 15.4. The molecule has 0 saturated carbocycles. The van der Waals surface area contributed by atoms with Crippen molar-refractivity contribution < 1.29 is 23.9 Å². The van der Waals surface area contributed by atoms with Gasteiger partial charge in [0, 0.05) is 28.6 Å². The number of phenols is 1. The van der Waals surface area contributed by atoms with Gasteiger partial charge in [0.15, 0.2) is 11.5 Å². The first kappa shape index (κ1) is 17.4. The van der Waals surface area contributed by atoms with Crippen LogP contribution >= 0.6 is 0 Å². The Hall–Kier alpha value is -2.99. The molecule has 0 amide bonds. The summed E-state index contributed by atoms with van der Waals surface area (Å²) < 4.78 is 16.1. The average Bonchev–Trinajstić information content (AvgIpc) is 3.08. The monoisotopic (exact) mass is 368 g/mol. The molecular formula is C21H22NO5+. The van der Waals surface area contributed by atoms with Gasteiger partial charge in [0.2, 0.25) is 6.79 Å². The van der Waals surface area contributed by atoms with E-state index in [2.05, 4.69) is 7.05 Å². The van der Waals surface area contributed by atoms with Gasteiger partial charge in [0.1, 0.15) is 24.4 Å². The maximum Gasteiger partial charge on any atom is 0.336 e. The van der Waals surface area contributed by atoms with Crippen molar-refractivity contribution in [2.75, 3.05) is 13.8 Å². The van der Waals surface area contributed by atoms with Crippen molar-refractivity contribution in [3.63, 3.8) is 0 Å². The smallest absolute Gasteiger partial charge is 0.336 e. The molecule has 6 heteroatoms. The maximum atomic E-state index is 11.9. The Morgan fingerprint density at radius 3 is 2.67 bits per heavy atom. The first-order valence-electron chi connectivity index (χ1n) is 9.02. The van der Waals surface area contributed by atoms with E-state index in [9.17, 15) is 9.90 Å². The fraction of sp³-hybridized carbons (Fsp3) is 0.286. The predicted octanol–water partition coefficient (Wildman–Crippen LogP) is 2.00. The van der Waals surface area contributed by atoms with E-state index in [1.165, 1.54) is 11.0 Å². The fourth-order valence-electron chi connectivity index (χ4n) is 3.52. The summed E-state index contributed by atoms with van der Waals surface area (Å²) in [4.78, 5) is 13.2. The predicted molar refractivity (Wildman–Crippen MR) is 100 cm³/mol. The van der Waals surface area contributed by atoms with Gasteiger partial charge in [-0.25, -0.2) is 4.79 Å². The molecule has 1 atom stereocenters. The number of nitrogens with one attached hydrogen (secondary N) is 1. The molecular weight excluding hydrogens is 346 g/mol. The minimum atomic E-state index is -0.406. The number of aromatic hydroxyl groups is 1. The number of ether oxygens (including phenoxy) is 2. The topological polar surface area (TPSA) is 73.3 Å². The molecule has 0 saturated heterocycles. The van der Waals surface area contributed by atoms with Crippen LogP contribution in [0.4, 0.5) is 0 Å². The van der Waals surface area contributed by atoms with Crippen molar-refractivity contribution in [1.29, 1.82) is 0 Å². The molecule has 2 aromatic carbocycles. The summed E-state index contributed by atoms with van der Waals surface area (Å²) in [6.07, 6.45) is 0.709. The molecule has 0 bridgehead atoms. The number of rotatable bonds is 5. The van der Waals surface area contributed by atoms with Crippen LogP contribution < -0.4 is 20.0 Å². The van der Waals surface area contributed by atoms with Gasteiger partial charge >= 0.3 is 5.63 Å². The van der Waals surface area contributed by atoms with E-state index in [-0.39, 0.29) is 12.5 Å². The Kier molecular flexibility index (Phi) is 4.49. The molecule has 1 unspecified atom stereocenters. The van der Waals surface area contributed by atoms with E-state index in [0.29, 0.717) is 18.5 Å². The van der Waals surface area contributed by atoms with Crippen LogP contribution in [0.5, 0.6) is 17.2 Å². The third kappa shape index (κ3) is 3.48. The second kappa shape index (κ2) is 6.96. The van der Waals surface area contributed by atoms with Gasteiger partial charge in [-0.15, -0.1) is 0 Å². The van der Waals surface area contributed by atoms with Crippen LogP contribution in [-0.2, 0) is 19.5 Å². The third-order valence-electron chi connectivity index (χ3n) is 4.85.